The first kappa shape index (κ1) is 26.5. The van der Waals surface area contributed by atoms with Crippen LogP contribution in [0.3, 0.4) is 0 Å². The maximum absolute atomic E-state index is 13.8. The van der Waals surface area contributed by atoms with Crippen LogP contribution in [-0.2, 0) is 14.4 Å². The van der Waals surface area contributed by atoms with Gasteiger partial charge in [0, 0.05) is 5.02 Å². The van der Waals surface area contributed by atoms with E-state index in [1.807, 2.05) is 0 Å². The average Bonchev–Trinajstić information content (AvgIpc) is 3.50. The van der Waals surface area contributed by atoms with Gasteiger partial charge in [-0.25, -0.2) is 19.1 Å². The Kier molecular flexibility index (Phi) is 6.90. The fourth-order valence-electron chi connectivity index (χ4n) is 5.10. The van der Waals surface area contributed by atoms with E-state index in [-0.39, 0.29) is 17.2 Å². The van der Waals surface area contributed by atoms with Crippen molar-refractivity contribution in [3.05, 3.63) is 119 Å². The highest BCUT2D eigenvalue weighted by Gasteiger charge is 2.60. The summed E-state index contributed by atoms with van der Waals surface area (Å²) in [5.41, 5.74) is 1.76. The molecule has 0 radical (unpaired) electrons. The van der Waals surface area contributed by atoms with E-state index in [0.717, 1.165) is 4.90 Å². The average molecular weight is 573 g/mol. The second kappa shape index (κ2) is 10.7. The van der Waals surface area contributed by atoms with Crippen LogP contribution in [0, 0.1) is 11.7 Å². The topological polar surface area (TPSA) is 85.4 Å². The second-order valence-electron chi connectivity index (χ2n) is 9.45. The Bertz CT molecular complexity index is 1630. The van der Waals surface area contributed by atoms with Crippen LogP contribution >= 0.6 is 11.6 Å². The highest BCUT2D eigenvalue weighted by atomic mass is 35.5. The third kappa shape index (κ3) is 4.79. The summed E-state index contributed by atoms with van der Waals surface area (Å²) in [5, 5.41) is 2.01. The molecule has 2 heterocycles. The number of hydrogen-bond donors (Lipinski definition) is 0. The van der Waals surface area contributed by atoms with Crippen molar-refractivity contribution in [1.29, 1.82) is 0 Å². The fourth-order valence-corrected chi connectivity index (χ4v) is 5.22. The van der Waals surface area contributed by atoms with E-state index in [4.69, 9.17) is 25.9 Å². The van der Waals surface area contributed by atoms with E-state index >= 15 is 0 Å². The number of rotatable bonds is 6. The van der Waals surface area contributed by atoms with E-state index < -0.39 is 41.7 Å². The van der Waals surface area contributed by atoms with Gasteiger partial charge in [0.15, 0.2) is 17.6 Å². The van der Waals surface area contributed by atoms with E-state index in [0.29, 0.717) is 21.8 Å². The largest absolute Gasteiger partial charge is 0.493 e. The van der Waals surface area contributed by atoms with Crippen LogP contribution in [0.25, 0.3) is 0 Å². The summed E-state index contributed by atoms with van der Waals surface area (Å²) in [6.07, 6.45) is -1.13. The van der Waals surface area contributed by atoms with Gasteiger partial charge in [0.05, 0.1) is 30.1 Å². The highest BCUT2D eigenvalue weighted by Crippen LogP contribution is 2.49. The van der Waals surface area contributed by atoms with Crippen LogP contribution in [0.15, 0.2) is 97.1 Å². The molecule has 2 saturated heterocycles. The molecule has 0 aromatic heterocycles. The predicted octanol–water partition coefficient (Wildman–Crippen LogP) is 5.76. The summed E-state index contributed by atoms with van der Waals surface area (Å²) >= 11 is 6.10. The molecule has 2 fully saturated rings. The molecule has 41 heavy (non-hydrogen) atoms. The number of imide groups is 1. The number of esters is 1. The molecule has 0 saturated carbocycles. The quantitative estimate of drug-likeness (QED) is 0.165. The van der Waals surface area contributed by atoms with Gasteiger partial charge in [0.1, 0.15) is 11.7 Å². The number of carbonyl (C=O) groups is 3. The Labute approximate surface area is 239 Å². The molecule has 0 N–H and O–H groups in total. The van der Waals surface area contributed by atoms with Gasteiger partial charge >= 0.3 is 5.97 Å². The number of halogens is 2. The molecule has 2 aliphatic heterocycles. The van der Waals surface area contributed by atoms with Gasteiger partial charge in [0.25, 0.3) is 5.91 Å². The van der Waals surface area contributed by atoms with Crippen molar-refractivity contribution < 1.29 is 33.1 Å². The summed E-state index contributed by atoms with van der Waals surface area (Å²) in [6, 6.07) is 24.6. The molecule has 4 aromatic carbocycles. The number of carbonyl (C=O) groups excluding carboxylic acids is 3. The maximum atomic E-state index is 13.8. The number of nitrogens with zero attached hydrogens (tertiary/aromatic N) is 2. The maximum Gasteiger partial charge on any atom is 0.343 e. The van der Waals surface area contributed by atoms with Gasteiger partial charge < -0.3 is 9.47 Å². The number of hydroxylamine groups is 1. The zero-order valence-corrected chi connectivity index (χ0v) is 22.3. The van der Waals surface area contributed by atoms with Crippen molar-refractivity contribution in [3.8, 4) is 11.5 Å². The lowest BCUT2D eigenvalue weighted by molar-refractivity contribution is -0.126. The van der Waals surface area contributed by atoms with Gasteiger partial charge in [-0.1, -0.05) is 35.9 Å². The normalized spacial score (nSPS) is 19.8. The van der Waals surface area contributed by atoms with E-state index in [1.165, 1.54) is 36.4 Å². The number of ether oxygens (including phenoxy) is 2. The Balaban J connectivity index is 1.38. The number of amides is 2. The number of fused-ring (bicyclic) bond motifs is 1. The van der Waals surface area contributed by atoms with Gasteiger partial charge in [-0.3, -0.25) is 14.4 Å². The number of methoxy groups -OCH3 is 1. The zero-order valence-electron chi connectivity index (χ0n) is 21.6. The van der Waals surface area contributed by atoms with Crippen LogP contribution < -0.4 is 19.4 Å². The molecule has 3 atom stereocenters. The van der Waals surface area contributed by atoms with Crippen LogP contribution in [0.2, 0.25) is 5.02 Å². The van der Waals surface area contributed by atoms with E-state index in [9.17, 15) is 18.8 Å². The molecule has 2 amide bonds. The van der Waals surface area contributed by atoms with E-state index in [1.54, 1.807) is 72.8 Å². The SMILES string of the molecule is COc1cc([C@H]2[C@@H]3C(=O)N(c4ccc(F)cc4)C(=O)[C@H]3ON2c2ccc(Cl)cc2)ccc1OC(=O)c1ccccc1. The summed E-state index contributed by atoms with van der Waals surface area (Å²) in [7, 11) is 1.43. The Morgan fingerprint density at radius 3 is 2.22 bits per heavy atom. The molecule has 4 aromatic rings. The summed E-state index contributed by atoms with van der Waals surface area (Å²) in [5.74, 6) is -2.61. The minimum absolute atomic E-state index is 0.181. The molecule has 0 aliphatic carbocycles. The summed E-state index contributed by atoms with van der Waals surface area (Å²) < 4.78 is 24.7. The molecule has 0 bridgehead atoms. The van der Waals surface area contributed by atoms with Crippen LogP contribution in [0.4, 0.5) is 15.8 Å². The fraction of sp³-hybridized carbons (Fsp3) is 0.129. The van der Waals surface area contributed by atoms with E-state index in [2.05, 4.69) is 0 Å². The summed E-state index contributed by atoms with van der Waals surface area (Å²) in [4.78, 5) is 47.1. The predicted molar refractivity (Wildman–Crippen MR) is 148 cm³/mol. The Hall–Kier alpha value is -4.73. The minimum atomic E-state index is -1.13. The second-order valence-corrected chi connectivity index (χ2v) is 9.89. The van der Waals surface area contributed by atoms with Crippen molar-refractivity contribution >= 4 is 40.8 Å². The molecule has 0 spiro atoms. The van der Waals surface area contributed by atoms with Crippen molar-refractivity contribution in [2.75, 3.05) is 17.1 Å². The van der Waals surface area contributed by atoms with Crippen molar-refractivity contribution in [1.82, 2.24) is 0 Å². The molecule has 6 rings (SSSR count). The van der Waals surface area contributed by atoms with Gasteiger partial charge in [-0.15, -0.1) is 0 Å². The lowest BCUT2D eigenvalue weighted by Crippen LogP contribution is -2.37. The first-order valence-electron chi connectivity index (χ1n) is 12.7. The first-order valence-corrected chi connectivity index (χ1v) is 13.0. The molecule has 0 unspecified atom stereocenters. The molecule has 8 nitrogen and oxygen atoms in total. The van der Waals surface area contributed by atoms with Crippen LogP contribution in [-0.4, -0.2) is 31.0 Å². The van der Waals surface area contributed by atoms with Crippen molar-refractivity contribution in [2.24, 2.45) is 5.92 Å². The monoisotopic (exact) mass is 572 g/mol. The van der Waals surface area contributed by atoms with Crippen LogP contribution in [0.1, 0.15) is 22.0 Å². The van der Waals surface area contributed by atoms with Crippen LogP contribution in [0.5, 0.6) is 11.5 Å². The molecule has 206 valence electrons. The number of anilines is 2. The molecule has 10 heteroatoms. The standard InChI is InChI=1S/C31H22ClFN2O6/c1-39-25-17-19(7-16-24(25)40-31(38)18-5-3-2-4-6-18)27-26-28(41-35(27)23-12-8-20(32)9-13-23)30(37)34(29(26)36)22-14-10-21(33)11-15-22/h2-17,26-28H,1H3/t26-,27-,28-/m0/s1. The van der Waals surface area contributed by atoms with Crippen molar-refractivity contribution in [3.63, 3.8) is 0 Å². The number of benzene rings is 4. The molecule has 2 aliphatic rings. The summed E-state index contributed by atoms with van der Waals surface area (Å²) in [6.45, 7) is 0. The van der Waals surface area contributed by atoms with Gasteiger partial charge in [0.2, 0.25) is 5.91 Å². The Morgan fingerprint density at radius 2 is 1.54 bits per heavy atom. The lowest BCUT2D eigenvalue weighted by Gasteiger charge is -2.29. The third-order valence-corrected chi connectivity index (χ3v) is 7.27. The smallest absolute Gasteiger partial charge is 0.343 e. The highest BCUT2D eigenvalue weighted by molar-refractivity contribution is 6.30. The lowest BCUT2D eigenvalue weighted by atomic mass is 9.90. The molecular formula is C31H22ClFN2O6. The number of hydrogen-bond acceptors (Lipinski definition) is 7. The molecular weight excluding hydrogens is 551 g/mol. The van der Waals surface area contributed by atoms with Gasteiger partial charge in [-0.05, 0) is 78.4 Å². The zero-order chi connectivity index (χ0) is 28.7. The van der Waals surface area contributed by atoms with Gasteiger partial charge in [-0.2, -0.15) is 0 Å². The Morgan fingerprint density at radius 1 is 0.854 bits per heavy atom. The van der Waals surface area contributed by atoms with Crippen molar-refractivity contribution in [2.45, 2.75) is 12.1 Å². The first-order chi connectivity index (χ1) is 19.9. The minimum Gasteiger partial charge on any atom is -0.493 e. The third-order valence-electron chi connectivity index (χ3n) is 7.02.